The third kappa shape index (κ3) is 5.92. The summed E-state index contributed by atoms with van der Waals surface area (Å²) in [4.78, 5) is 4.88. The van der Waals surface area contributed by atoms with Gasteiger partial charge < -0.3 is 14.0 Å². The fourth-order valence-corrected chi connectivity index (χ4v) is 4.15. The summed E-state index contributed by atoms with van der Waals surface area (Å²) in [5.41, 5.74) is 3.58. The lowest BCUT2D eigenvalue weighted by atomic mass is 9.87. The Bertz CT molecular complexity index is 1210. The van der Waals surface area contributed by atoms with Crippen LogP contribution in [-0.4, -0.2) is 16.2 Å². The van der Waals surface area contributed by atoms with Gasteiger partial charge in [0.1, 0.15) is 11.5 Å². The van der Waals surface area contributed by atoms with E-state index in [1.165, 1.54) is 5.56 Å². The molecule has 1 aromatic heterocycles. The molecule has 4 aromatic rings. The molecule has 1 atom stereocenters. The lowest BCUT2D eigenvalue weighted by Gasteiger charge is -2.19. The largest absolute Gasteiger partial charge is 0.494 e. The van der Waals surface area contributed by atoms with E-state index in [1.807, 2.05) is 37.3 Å². The number of imidazole rings is 1. The third-order valence-electron chi connectivity index (χ3n) is 5.94. The van der Waals surface area contributed by atoms with Crippen LogP contribution < -0.4 is 9.47 Å². The SMILES string of the molecule is CC(Oc1ccc(Cl)cc1)c1nc2ccccc2n1CCCCOc1ccc(C(C)(C)C)cc1. The second-order valence-electron chi connectivity index (χ2n) is 9.65. The molecule has 1 heterocycles. The van der Waals surface area contributed by atoms with Gasteiger partial charge in [0.25, 0.3) is 0 Å². The van der Waals surface area contributed by atoms with Crippen molar-refractivity contribution in [2.45, 2.75) is 58.6 Å². The normalized spacial score (nSPS) is 12.6. The number of para-hydroxylation sites is 2. The number of hydrogen-bond acceptors (Lipinski definition) is 3. The number of benzene rings is 3. The van der Waals surface area contributed by atoms with E-state index in [1.54, 1.807) is 0 Å². The standard InChI is InChI=1S/C29H33ClN2O2/c1-21(34-25-17-13-23(30)14-18-25)28-31-26-9-5-6-10-27(26)32(28)19-7-8-20-33-24-15-11-22(12-16-24)29(2,3)4/h5-6,9-18,21H,7-8,19-20H2,1-4H3. The average Bonchev–Trinajstić information content (AvgIpc) is 3.19. The maximum atomic E-state index is 6.18. The minimum absolute atomic E-state index is 0.151. The van der Waals surface area contributed by atoms with Gasteiger partial charge in [0, 0.05) is 11.6 Å². The number of fused-ring (bicyclic) bond motifs is 1. The molecule has 4 rings (SSSR count). The van der Waals surface area contributed by atoms with Crippen molar-refractivity contribution in [2.24, 2.45) is 0 Å². The monoisotopic (exact) mass is 476 g/mol. The Balaban J connectivity index is 1.38. The maximum Gasteiger partial charge on any atom is 0.153 e. The Kier molecular flexibility index (Phi) is 7.47. The molecule has 0 bridgehead atoms. The molecule has 0 aliphatic heterocycles. The van der Waals surface area contributed by atoms with E-state index in [2.05, 4.69) is 67.8 Å². The van der Waals surface area contributed by atoms with Crippen LogP contribution in [-0.2, 0) is 12.0 Å². The minimum Gasteiger partial charge on any atom is -0.494 e. The van der Waals surface area contributed by atoms with Gasteiger partial charge in [-0.2, -0.15) is 0 Å². The summed E-state index contributed by atoms with van der Waals surface area (Å²) in [5.74, 6) is 2.63. The first-order valence-corrected chi connectivity index (χ1v) is 12.3. The molecule has 4 nitrogen and oxygen atoms in total. The summed E-state index contributed by atoms with van der Waals surface area (Å²) >= 11 is 6.01. The smallest absolute Gasteiger partial charge is 0.153 e. The van der Waals surface area contributed by atoms with E-state index in [-0.39, 0.29) is 11.5 Å². The van der Waals surface area contributed by atoms with Crippen LogP contribution in [0.1, 0.15) is 58.0 Å². The van der Waals surface area contributed by atoms with Gasteiger partial charge in [0.05, 0.1) is 17.6 Å². The van der Waals surface area contributed by atoms with Crippen LogP contribution in [0.25, 0.3) is 11.0 Å². The highest BCUT2D eigenvalue weighted by Gasteiger charge is 2.18. The van der Waals surface area contributed by atoms with Crippen molar-refractivity contribution in [1.82, 2.24) is 9.55 Å². The van der Waals surface area contributed by atoms with Crippen LogP contribution in [0.4, 0.5) is 0 Å². The van der Waals surface area contributed by atoms with Crippen molar-refractivity contribution in [2.75, 3.05) is 6.61 Å². The van der Waals surface area contributed by atoms with Crippen molar-refractivity contribution < 1.29 is 9.47 Å². The van der Waals surface area contributed by atoms with Gasteiger partial charge in [-0.05, 0) is 79.3 Å². The summed E-state index contributed by atoms with van der Waals surface area (Å²) in [6.45, 7) is 10.2. The second-order valence-corrected chi connectivity index (χ2v) is 10.1. The van der Waals surface area contributed by atoms with Crippen LogP contribution in [0.3, 0.4) is 0 Å². The highest BCUT2D eigenvalue weighted by Crippen LogP contribution is 2.27. The van der Waals surface area contributed by atoms with E-state index in [9.17, 15) is 0 Å². The Hall–Kier alpha value is -2.98. The van der Waals surface area contributed by atoms with Crippen LogP contribution >= 0.6 is 11.6 Å². The maximum absolute atomic E-state index is 6.18. The Labute approximate surface area is 207 Å². The number of aromatic nitrogens is 2. The lowest BCUT2D eigenvalue weighted by Crippen LogP contribution is -2.13. The first-order chi connectivity index (χ1) is 16.3. The highest BCUT2D eigenvalue weighted by molar-refractivity contribution is 6.30. The topological polar surface area (TPSA) is 36.3 Å². The zero-order valence-electron chi connectivity index (χ0n) is 20.4. The average molecular weight is 477 g/mol. The van der Waals surface area contributed by atoms with Gasteiger partial charge in [0.15, 0.2) is 11.9 Å². The quantitative estimate of drug-likeness (QED) is 0.230. The molecule has 0 amide bonds. The summed E-state index contributed by atoms with van der Waals surface area (Å²) in [6.07, 6.45) is 1.76. The van der Waals surface area contributed by atoms with Crippen LogP contribution in [0.5, 0.6) is 11.5 Å². The molecule has 0 fully saturated rings. The van der Waals surface area contributed by atoms with Crippen LogP contribution in [0.15, 0.2) is 72.8 Å². The van der Waals surface area contributed by atoms with E-state index in [4.69, 9.17) is 26.1 Å². The van der Waals surface area contributed by atoms with Crippen LogP contribution in [0, 0.1) is 0 Å². The van der Waals surface area contributed by atoms with E-state index >= 15 is 0 Å². The highest BCUT2D eigenvalue weighted by atomic mass is 35.5. The molecule has 0 N–H and O–H groups in total. The van der Waals surface area contributed by atoms with E-state index in [0.717, 1.165) is 47.7 Å². The van der Waals surface area contributed by atoms with Crippen molar-refractivity contribution in [3.05, 3.63) is 89.2 Å². The number of halogens is 1. The van der Waals surface area contributed by atoms with Gasteiger partial charge >= 0.3 is 0 Å². The third-order valence-corrected chi connectivity index (χ3v) is 6.19. The molecule has 1 unspecified atom stereocenters. The molecule has 0 saturated carbocycles. The summed E-state index contributed by atoms with van der Waals surface area (Å²) in [6, 6.07) is 24.1. The molecule has 0 saturated heterocycles. The lowest BCUT2D eigenvalue weighted by molar-refractivity contribution is 0.211. The van der Waals surface area contributed by atoms with Crippen LogP contribution in [0.2, 0.25) is 5.02 Å². The molecule has 0 aliphatic rings. The molecule has 0 aliphatic carbocycles. The van der Waals surface area contributed by atoms with Gasteiger partial charge in [-0.3, -0.25) is 0 Å². The predicted molar refractivity (Wildman–Crippen MR) is 140 cm³/mol. The Morgan fingerprint density at radius 1 is 0.882 bits per heavy atom. The number of aryl methyl sites for hydroxylation is 1. The zero-order valence-corrected chi connectivity index (χ0v) is 21.2. The molecule has 34 heavy (non-hydrogen) atoms. The molecular weight excluding hydrogens is 444 g/mol. The summed E-state index contributed by atoms with van der Waals surface area (Å²) < 4.78 is 14.4. The fourth-order valence-electron chi connectivity index (χ4n) is 4.02. The van der Waals surface area contributed by atoms with E-state index in [0.29, 0.717) is 11.6 Å². The molecular formula is C29H33ClN2O2. The number of hydrogen-bond donors (Lipinski definition) is 0. The van der Waals surface area contributed by atoms with Gasteiger partial charge in [-0.15, -0.1) is 0 Å². The second kappa shape index (κ2) is 10.5. The van der Waals surface area contributed by atoms with Gasteiger partial charge in [-0.25, -0.2) is 4.98 Å². The number of unbranched alkanes of at least 4 members (excludes halogenated alkanes) is 1. The number of nitrogens with zero attached hydrogens (tertiary/aromatic N) is 2. The molecule has 0 radical (unpaired) electrons. The Morgan fingerprint density at radius 3 is 2.26 bits per heavy atom. The molecule has 178 valence electrons. The van der Waals surface area contributed by atoms with Crippen molar-refractivity contribution in [3.63, 3.8) is 0 Å². The first kappa shape index (κ1) is 24.2. The fraction of sp³-hybridized carbons (Fsp3) is 0.345. The number of rotatable bonds is 9. The summed E-state index contributed by atoms with van der Waals surface area (Å²) in [7, 11) is 0. The molecule has 5 heteroatoms. The zero-order chi connectivity index (χ0) is 24.1. The Morgan fingerprint density at radius 2 is 1.56 bits per heavy atom. The van der Waals surface area contributed by atoms with Crippen molar-refractivity contribution in [1.29, 1.82) is 0 Å². The summed E-state index contributed by atoms with van der Waals surface area (Å²) in [5, 5.41) is 0.694. The predicted octanol–water partition coefficient (Wildman–Crippen LogP) is 7.99. The first-order valence-electron chi connectivity index (χ1n) is 11.9. The van der Waals surface area contributed by atoms with E-state index < -0.39 is 0 Å². The molecule has 0 spiro atoms. The van der Waals surface area contributed by atoms with Crippen molar-refractivity contribution in [3.8, 4) is 11.5 Å². The molecule has 3 aromatic carbocycles. The van der Waals surface area contributed by atoms with Crippen molar-refractivity contribution >= 4 is 22.6 Å². The van der Waals surface area contributed by atoms with Gasteiger partial charge in [0.2, 0.25) is 0 Å². The van der Waals surface area contributed by atoms with Gasteiger partial charge in [-0.1, -0.05) is 56.6 Å². The number of ether oxygens (including phenoxy) is 2. The minimum atomic E-state index is -0.189.